The molecule has 0 spiro atoms. The summed E-state index contributed by atoms with van der Waals surface area (Å²) in [4.78, 5) is 20.6. The first-order valence-corrected chi connectivity index (χ1v) is 7.83. The van der Waals surface area contributed by atoms with Crippen molar-refractivity contribution >= 4 is 24.4 Å². The van der Waals surface area contributed by atoms with Gasteiger partial charge in [0, 0.05) is 6.20 Å². The Balaban J connectivity index is 1.77. The van der Waals surface area contributed by atoms with Crippen LogP contribution in [0.2, 0.25) is 0 Å². The number of rotatable bonds is 3. The molecule has 2 aromatic rings. The number of anilines is 1. The van der Waals surface area contributed by atoms with Gasteiger partial charge in [-0.25, -0.2) is 4.98 Å². The van der Waals surface area contributed by atoms with Crippen LogP contribution in [0.1, 0.15) is 38.2 Å². The molecular weight excluding hydrogens is 305 g/mol. The zero-order chi connectivity index (χ0) is 17.4. The van der Waals surface area contributed by atoms with Crippen molar-refractivity contribution in [2.45, 2.75) is 38.9 Å². The number of hydrogen-bond donors (Lipinski definition) is 1. The van der Waals surface area contributed by atoms with Gasteiger partial charge in [0.25, 0.3) is 5.91 Å². The Bertz CT molecular complexity index is 734. The molecule has 1 N–H and O–H groups in total. The normalized spacial score (nSPS) is 18.4. The van der Waals surface area contributed by atoms with Crippen molar-refractivity contribution in [2.24, 2.45) is 0 Å². The van der Waals surface area contributed by atoms with Crippen LogP contribution in [0.5, 0.6) is 0 Å². The van der Waals surface area contributed by atoms with Gasteiger partial charge in [-0.05, 0) is 52.0 Å². The summed E-state index contributed by atoms with van der Waals surface area (Å²) in [6.07, 6.45) is 1.57. The fourth-order valence-corrected chi connectivity index (χ4v) is 2.29. The fourth-order valence-electron chi connectivity index (χ4n) is 2.29. The highest BCUT2D eigenvalue weighted by Gasteiger charge is 2.52. The van der Waals surface area contributed by atoms with Gasteiger partial charge in [-0.3, -0.25) is 9.78 Å². The van der Waals surface area contributed by atoms with E-state index in [0.717, 1.165) is 0 Å². The molecule has 0 aliphatic carbocycles. The van der Waals surface area contributed by atoms with E-state index in [4.69, 9.17) is 9.31 Å². The molecule has 0 bridgehead atoms. The zero-order valence-corrected chi connectivity index (χ0v) is 14.2. The van der Waals surface area contributed by atoms with Gasteiger partial charge < -0.3 is 14.6 Å². The lowest BCUT2D eigenvalue weighted by Gasteiger charge is -2.32. The topological polar surface area (TPSA) is 73.3 Å². The summed E-state index contributed by atoms with van der Waals surface area (Å²) in [7, 11) is -0.568. The van der Waals surface area contributed by atoms with E-state index in [1.54, 1.807) is 36.5 Å². The van der Waals surface area contributed by atoms with Gasteiger partial charge in [0.2, 0.25) is 0 Å². The Hall–Kier alpha value is -2.25. The maximum absolute atomic E-state index is 12.2. The molecule has 6 nitrogen and oxygen atoms in total. The molecule has 0 unspecified atom stereocenters. The third-order valence-electron chi connectivity index (χ3n) is 4.40. The summed E-state index contributed by atoms with van der Waals surface area (Å²) in [5.74, 6) is 0.118. The van der Waals surface area contributed by atoms with Crippen LogP contribution in [0.3, 0.4) is 0 Å². The van der Waals surface area contributed by atoms with Gasteiger partial charge in [-0.1, -0.05) is 12.1 Å². The Labute approximate surface area is 141 Å². The molecule has 0 saturated carbocycles. The number of amides is 1. The smallest absolute Gasteiger partial charge is 0.398 e. The van der Waals surface area contributed by atoms with Crippen molar-refractivity contribution in [1.29, 1.82) is 0 Å². The second kappa shape index (κ2) is 6.00. The van der Waals surface area contributed by atoms with Crippen LogP contribution in [-0.4, -0.2) is 34.2 Å². The van der Waals surface area contributed by atoms with Crippen molar-refractivity contribution in [1.82, 2.24) is 9.97 Å². The third-order valence-corrected chi connectivity index (χ3v) is 4.40. The number of hydrogen-bond acceptors (Lipinski definition) is 5. The predicted molar refractivity (Wildman–Crippen MR) is 92.1 cm³/mol. The van der Waals surface area contributed by atoms with E-state index >= 15 is 0 Å². The third kappa shape index (κ3) is 3.18. The number of aromatic nitrogens is 2. The molecule has 24 heavy (non-hydrogen) atoms. The Morgan fingerprint density at radius 2 is 1.75 bits per heavy atom. The minimum Gasteiger partial charge on any atom is -0.398 e. The van der Waals surface area contributed by atoms with Crippen LogP contribution < -0.4 is 10.9 Å². The lowest BCUT2D eigenvalue weighted by Crippen LogP contribution is -2.41. The van der Waals surface area contributed by atoms with Crippen molar-refractivity contribution in [3.05, 3.63) is 48.3 Å². The van der Waals surface area contributed by atoms with Crippen molar-refractivity contribution < 1.29 is 14.1 Å². The summed E-state index contributed by atoms with van der Waals surface area (Å²) in [6.45, 7) is 7.94. The quantitative estimate of drug-likeness (QED) is 0.874. The fraction of sp³-hybridized carbons (Fsp3) is 0.353. The molecular formula is C17H20BN3O3. The summed E-state index contributed by atoms with van der Waals surface area (Å²) >= 11 is 0. The first-order valence-electron chi connectivity index (χ1n) is 7.83. The van der Waals surface area contributed by atoms with E-state index in [-0.39, 0.29) is 5.91 Å². The molecule has 1 saturated heterocycles. The van der Waals surface area contributed by atoms with E-state index in [9.17, 15) is 4.79 Å². The van der Waals surface area contributed by atoms with Crippen LogP contribution >= 0.6 is 0 Å². The van der Waals surface area contributed by atoms with E-state index in [0.29, 0.717) is 17.1 Å². The zero-order valence-electron chi connectivity index (χ0n) is 14.2. The number of pyridine rings is 2. The van der Waals surface area contributed by atoms with Crippen LogP contribution in [0.15, 0.2) is 42.6 Å². The summed E-state index contributed by atoms with van der Waals surface area (Å²) in [5, 5.41) is 2.74. The number of carbonyl (C=O) groups excluding carboxylic acids is 1. The molecule has 1 aliphatic rings. The van der Waals surface area contributed by atoms with Gasteiger partial charge in [0.05, 0.1) is 16.8 Å². The van der Waals surface area contributed by atoms with Gasteiger partial charge >= 0.3 is 7.12 Å². The first kappa shape index (κ1) is 16.6. The maximum atomic E-state index is 12.2. The molecule has 3 rings (SSSR count). The summed E-state index contributed by atoms with van der Waals surface area (Å²) in [5.41, 5.74) is 0.0758. The molecule has 0 aromatic carbocycles. The molecule has 3 heterocycles. The van der Waals surface area contributed by atoms with Gasteiger partial charge in [0.15, 0.2) is 0 Å². The first-order chi connectivity index (χ1) is 11.3. The largest absolute Gasteiger partial charge is 0.514 e. The van der Waals surface area contributed by atoms with Crippen molar-refractivity contribution in [3.63, 3.8) is 0 Å². The van der Waals surface area contributed by atoms with Crippen LogP contribution in [0, 0.1) is 0 Å². The Morgan fingerprint density at radius 1 is 1.04 bits per heavy atom. The molecule has 7 heteroatoms. The lowest BCUT2D eigenvalue weighted by atomic mass is 9.84. The van der Waals surface area contributed by atoms with Crippen molar-refractivity contribution in [3.8, 4) is 0 Å². The highest BCUT2D eigenvalue weighted by molar-refractivity contribution is 6.61. The number of nitrogens with zero attached hydrogens (tertiary/aromatic N) is 2. The standard InChI is InChI=1S/C17H20BN3O3/c1-16(2)17(3,4)24-18(23-16)13-9-7-10-14(20-13)21-15(22)12-8-5-6-11-19-12/h5-11H,1-4H3,(H,20,21,22). The van der Waals surface area contributed by atoms with Crippen LogP contribution in [0.4, 0.5) is 5.82 Å². The minimum absolute atomic E-state index is 0.311. The van der Waals surface area contributed by atoms with Crippen LogP contribution in [-0.2, 0) is 9.31 Å². The van der Waals surface area contributed by atoms with E-state index < -0.39 is 18.3 Å². The van der Waals surface area contributed by atoms with E-state index in [2.05, 4.69) is 15.3 Å². The van der Waals surface area contributed by atoms with Crippen molar-refractivity contribution in [2.75, 3.05) is 5.32 Å². The lowest BCUT2D eigenvalue weighted by molar-refractivity contribution is 0.00578. The minimum atomic E-state index is -0.568. The second-order valence-corrected chi connectivity index (χ2v) is 6.71. The van der Waals surface area contributed by atoms with Crippen LogP contribution in [0.25, 0.3) is 0 Å². The molecule has 0 atom stereocenters. The molecule has 2 aromatic heterocycles. The average Bonchev–Trinajstić information content (AvgIpc) is 2.76. The second-order valence-electron chi connectivity index (χ2n) is 6.71. The highest BCUT2D eigenvalue weighted by atomic mass is 16.7. The number of carbonyl (C=O) groups is 1. The molecule has 124 valence electrons. The summed E-state index contributed by atoms with van der Waals surface area (Å²) < 4.78 is 12.0. The average molecular weight is 325 g/mol. The summed E-state index contributed by atoms with van der Waals surface area (Å²) in [6, 6.07) is 10.5. The number of nitrogens with one attached hydrogen (secondary N) is 1. The molecule has 1 aliphatic heterocycles. The van der Waals surface area contributed by atoms with Gasteiger partial charge in [0.1, 0.15) is 11.5 Å². The Morgan fingerprint density at radius 3 is 2.38 bits per heavy atom. The van der Waals surface area contributed by atoms with Gasteiger partial charge in [-0.2, -0.15) is 0 Å². The molecule has 1 amide bonds. The SMILES string of the molecule is CC1(C)OB(c2cccc(NC(=O)c3ccccn3)n2)OC1(C)C. The van der Waals surface area contributed by atoms with E-state index in [1.807, 2.05) is 33.8 Å². The van der Waals surface area contributed by atoms with Gasteiger partial charge in [-0.15, -0.1) is 0 Å². The van der Waals surface area contributed by atoms with E-state index in [1.165, 1.54) is 0 Å². The molecule has 0 radical (unpaired) electrons. The Kier molecular flexibility index (Phi) is 4.15. The predicted octanol–water partition coefficient (Wildman–Crippen LogP) is 2.03. The monoisotopic (exact) mass is 325 g/mol. The molecule has 1 fully saturated rings. The maximum Gasteiger partial charge on any atom is 0.514 e. The highest BCUT2D eigenvalue weighted by Crippen LogP contribution is 2.36.